The highest BCUT2D eigenvalue weighted by molar-refractivity contribution is 5.47. The lowest BCUT2D eigenvalue weighted by atomic mass is 10.1. The fourth-order valence-corrected chi connectivity index (χ4v) is 3.17. The molecule has 0 aliphatic rings. The number of benzene rings is 1. The molecule has 9 heteroatoms. The van der Waals surface area contributed by atoms with E-state index in [0.717, 1.165) is 29.2 Å². The largest absolute Gasteiger partial charge is 0.400 e. The Bertz CT molecular complexity index is 975. The lowest BCUT2D eigenvalue weighted by Gasteiger charge is -2.22. The summed E-state index contributed by atoms with van der Waals surface area (Å²) in [4.78, 5) is 20.6. The first kappa shape index (κ1) is 28.4. The van der Waals surface area contributed by atoms with E-state index >= 15 is 0 Å². The first-order chi connectivity index (χ1) is 17.5. The van der Waals surface area contributed by atoms with E-state index in [4.69, 9.17) is 15.9 Å². The smallest absolute Gasteiger partial charge is 0.207 e. The van der Waals surface area contributed by atoms with Gasteiger partial charge in [0, 0.05) is 56.2 Å². The van der Waals surface area contributed by atoms with E-state index in [-0.39, 0.29) is 13.2 Å². The van der Waals surface area contributed by atoms with Gasteiger partial charge in [0.15, 0.2) is 0 Å². The van der Waals surface area contributed by atoms with Crippen molar-refractivity contribution >= 4 is 12.1 Å². The van der Waals surface area contributed by atoms with Crippen LogP contribution in [0.15, 0.2) is 85.0 Å². The Morgan fingerprint density at radius 3 is 2.11 bits per heavy atom. The first-order valence-electron chi connectivity index (χ1n) is 11.8. The molecule has 0 aliphatic carbocycles. The molecule has 6 N–H and O–H groups in total. The molecule has 0 aliphatic heterocycles. The van der Waals surface area contributed by atoms with Crippen LogP contribution in [0.25, 0.3) is 0 Å². The monoisotopic (exact) mass is 492 g/mol. The van der Waals surface area contributed by atoms with Crippen molar-refractivity contribution in [1.29, 1.82) is 0 Å². The second kappa shape index (κ2) is 16.8. The topological polar surface area (TPSA) is 137 Å². The van der Waals surface area contributed by atoms with E-state index in [1.807, 2.05) is 55.0 Å². The normalized spacial score (nSPS) is 11.8. The van der Waals surface area contributed by atoms with E-state index < -0.39 is 6.10 Å². The summed E-state index contributed by atoms with van der Waals surface area (Å²) in [6, 6.07) is 20.3. The Morgan fingerprint density at radius 1 is 1.03 bits per heavy atom. The lowest BCUT2D eigenvalue weighted by Crippen LogP contribution is -2.28. The number of carbonyl (C=O) groups excluding carboxylic acids is 1. The van der Waals surface area contributed by atoms with Gasteiger partial charge in [-0.1, -0.05) is 31.2 Å². The highest BCUT2D eigenvalue weighted by atomic mass is 16.3. The van der Waals surface area contributed by atoms with Crippen LogP contribution in [0.2, 0.25) is 0 Å². The van der Waals surface area contributed by atoms with Crippen LogP contribution in [-0.2, 0) is 24.3 Å². The van der Waals surface area contributed by atoms with Crippen molar-refractivity contribution in [1.82, 2.24) is 20.2 Å². The second-order valence-electron chi connectivity index (χ2n) is 8.06. The number of carbonyl (C=O) groups is 1. The van der Waals surface area contributed by atoms with Crippen molar-refractivity contribution < 1.29 is 15.0 Å². The number of pyridine rings is 2. The minimum absolute atomic E-state index is 0.111. The van der Waals surface area contributed by atoms with Crippen LogP contribution in [0.3, 0.4) is 0 Å². The van der Waals surface area contributed by atoms with Crippen molar-refractivity contribution in [3.05, 3.63) is 102 Å². The number of hydrogen-bond donors (Lipinski definition) is 5. The maximum atomic E-state index is 9.52. The number of nitrogens with two attached hydrogens (primary N) is 1. The zero-order valence-corrected chi connectivity index (χ0v) is 20.6. The number of rotatable bonds is 13. The molecule has 3 rings (SSSR count). The van der Waals surface area contributed by atoms with Crippen LogP contribution in [0, 0.1) is 0 Å². The number of aliphatic hydroxyl groups is 2. The van der Waals surface area contributed by atoms with Crippen molar-refractivity contribution in [2.45, 2.75) is 32.5 Å². The minimum atomic E-state index is -0.833. The minimum Gasteiger partial charge on any atom is -0.400 e. The molecule has 192 valence electrons. The number of nitrogens with one attached hydrogen (secondary N) is 2. The van der Waals surface area contributed by atoms with Crippen molar-refractivity contribution in [3.8, 4) is 0 Å². The molecule has 3 aromatic rings. The fraction of sp³-hybridized carbons (Fsp3) is 0.296. The maximum Gasteiger partial charge on any atom is 0.207 e. The zero-order valence-electron chi connectivity index (χ0n) is 20.6. The number of amides is 1. The summed E-state index contributed by atoms with van der Waals surface area (Å²) in [7, 11) is 0. The van der Waals surface area contributed by atoms with Crippen LogP contribution >= 0.6 is 0 Å². The third-order valence-electron chi connectivity index (χ3n) is 5.06. The van der Waals surface area contributed by atoms with Gasteiger partial charge in [-0.25, -0.2) is 0 Å². The van der Waals surface area contributed by atoms with E-state index in [1.54, 1.807) is 0 Å². The van der Waals surface area contributed by atoms with Gasteiger partial charge in [-0.3, -0.25) is 19.7 Å². The SMILES string of the molecule is CCc1ccc(N/C=C(\N)CN(Cc2ccccn2)Cc2ccccn2)cc1.O=CNCC(O)CO. The van der Waals surface area contributed by atoms with Gasteiger partial charge in [0.2, 0.25) is 6.41 Å². The molecule has 0 saturated heterocycles. The average Bonchev–Trinajstić information content (AvgIpc) is 2.92. The number of aryl methyl sites for hydroxylation is 1. The number of nitrogens with zero attached hydrogens (tertiary/aromatic N) is 3. The van der Waals surface area contributed by atoms with E-state index in [1.165, 1.54) is 5.56 Å². The Labute approximate surface area is 212 Å². The summed E-state index contributed by atoms with van der Waals surface area (Å²) < 4.78 is 0. The molecule has 36 heavy (non-hydrogen) atoms. The van der Waals surface area contributed by atoms with Gasteiger partial charge in [-0.05, 0) is 48.4 Å². The zero-order chi connectivity index (χ0) is 26.0. The van der Waals surface area contributed by atoms with Crippen LogP contribution in [0.1, 0.15) is 23.9 Å². The maximum absolute atomic E-state index is 9.52. The molecule has 9 nitrogen and oxygen atoms in total. The predicted molar refractivity (Wildman–Crippen MR) is 141 cm³/mol. The molecule has 1 unspecified atom stereocenters. The van der Waals surface area contributed by atoms with E-state index in [2.05, 4.69) is 56.7 Å². The highest BCUT2D eigenvalue weighted by Gasteiger charge is 2.10. The molecule has 0 radical (unpaired) electrons. The summed E-state index contributed by atoms with van der Waals surface area (Å²) >= 11 is 0. The second-order valence-corrected chi connectivity index (χ2v) is 8.06. The Hall–Kier alpha value is -3.79. The Morgan fingerprint density at radius 2 is 1.64 bits per heavy atom. The standard InChI is InChI=1S/C23H27N5.C4H9NO3/c1-2-19-9-11-21(12-10-19)27-15-20(24)16-28(17-22-7-3-5-13-25-22)18-23-8-4-6-14-26-23;6-2-4(8)1-5-3-7/h3-15,27H,2,16-18,24H2,1H3;3-4,6,8H,1-2H2,(H,5,7)/b20-15-;. The van der Waals surface area contributed by atoms with Gasteiger partial charge in [0.25, 0.3) is 0 Å². The van der Waals surface area contributed by atoms with Gasteiger partial charge in [0.1, 0.15) is 0 Å². The van der Waals surface area contributed by atoms with Crippen molar-refractivity contribution in [2.75, 3.05) is 25.0 Å². The highest BCUT2D eigenvalue weighted by Crippen LogP contribution is 2.11. The molecule has 1 aromatic carbocycles. The predicted octanol–water partition coefficient (Wildman–Crippen LogP) is 2.04. The summed E-state index contributed by atoms with van der Waals surface area (Å²) in [6.45, 7) is 3.97. The van der Waals surface area contributed by atoms with Crippen LogP contribution in [0.4, 0.5) is 5.69 Å². The molecule has 0 bridgehead atoms. The summed E-state index contributed by atoms with van der Waals surface area (Å²) in [5.74, 6) is 0. The lowest BCUT2D eigenvalue weighted by molar-refractivity contribution is -0.110. The molecule has 0 saturated carbocycles. The molecule has 1 atom stereocenters. The molecule has 0 spiro atoms. The van der Waals surface area contributed by atoms with Crippen LogP contribution in [-0.4, -0.2) is 57.3 Å². The molecule has 2 heterocycles. The molecule has 1 amide bonds. The van der Waals surface area contributed by atoms with Crippen LogP contribution < -0.4 is 16.4 Å². The van der Waals surface area contributed by atoms with E-state index in [0.29, 0.717) is 26.0 Å². The van der Waals surface area contributed by atoms with Crippen LogP contribution in [0.5, 0.6) is 0 Å². The molecule has 2 aromatic heterocycles. The van der Waals surface area contributed by atoms with Crippen molar-refractivity contribution in [3.63, 3.8) is 0 Å². The summed E-state index contributed by atoms with van der Waals surface area (Å²) in [6.07, 6.45) is 6.17. The number of aliphatic hydroxyl groups excluding tert-OH is 2. The van der Waals surface area contributed by atoms with Gasteiger partial charge < -0.3 is 26.6 Å². The average molecular weight is 493 g/mol. The number of hydrogen-bond acceptors (Lipinski definition) is 8. The van der Waals surface area contributed by atoms with Gasteiger partial charge in [-0.2, -0.15) is 0 Å². The summed E-state index contributed by atoms with van der Waals surface area (Å²) in [5.41, 5.74) is 11.4. The quantitative estimate of drug-likeness (QED) is 0.229. The summed E-state index contributed by atoms with van der Waals surface area (Å²) in [5, 5.41) is 22.2. The third kappa shape index (κ3) is 11.6. The molecular formula is C27H36N6O3. The Balaban J connectivity index is 0.000000493. The molecular weight excluding hydrogens is 456 g/mol. The third-order valence-corrected chi connectivity index (χ3v) is 5.06. The number of aromatic nitrogens is 2. The fourth-order valence-electron chi connectivity index (χ4n) is 3.17. The first-order valence-corrected chi connectivity index (χ1v) is 11.8. The number of anilines is 1. The van der Waals surface area contributed by atoms with E-state index in [9.17, 15) is 4.79 Å². The van der Waals surface area contributed by atoms with Gasteiger partial charge >= 0.3 is 0 Å². The van der Waals surface area contributed by atoms with Gasteiger partial charge in [-0.15, -0.1) is 0 Å². The molecule has 0 fully saturated rings. The van der Waals surface area contributed by atoms with Crippen molar-refractivity contribution in [2.24, 2.45) is 5.73 Å². The Kier molecular flexibility index (Phi) is 13.3. The van der Waals surface area contributed by atoms with Gasteiger partial charge in [0.05, 0.1) is 24.1 Å².